The quantitative estimate of drug-likeness (QED) is 0.170. The Morgan fingerprint density at radius 1 is 0.918 bits per heavy atom. The number of Topliss-reactive ketones (excluding diaryl/α,β-unsaturated/α-hetero) is 1. The van der Waals surface area contributed by atoms with Gasteiger partial charge in [-0.25, -0.2) is 14.4 Å². The Balaban J connectivity index is 1.55. The Morgan fingerprint density at radius 2 is 1.54 bits per heavy atom. The van der Waals surface area contributed by atoms with Crippen LogP contribution in [0.15, 0.2) is 71.8 Å². The first-order chi connectivity index (χ1) is 28.6. The van der Waals surface area contributed by atoms with Crippen LogP contribution in [0, 0.1) is 16.7 Å². The van der Waals surface area contributed by atoms with E-state index < -0.39 is 106 Å². The molecule has 1 aliphatic heterocycles. The minimum atomic E-state index is -1.96. The number of aliphatic hydroxyl groups is 1. The zero-order valence-electron chi connectivity index (χ0n) is 36.8. The summed E-state index contributed by atoms with van der Waals surface area (Å²) in [6.45, 7) is 13.3. The Morgan fingerprint density at radius 3 is 2.07 bits per heavy atom. The van der Waals surface area contributed by atoms with Gasteiger partial charge in [0.2, 0.25) is 0 Å². The second kappa shape index (κ2) is 16.9. The van der Waals surface area contributed by atoms with Gasteiger partial charge in [-0.2, -0.15) is 0 Å². The van der Waals surface area contributed by atoms with E-state index in [2.05, 4.69) is 5.32 Å². The van der Waals surface area contributed by atoms with Gasteiger partial charge in [-0.1, -0.05) is 62.4 Å². The van der Waals surface area contributed by atoms with Gasteiger partial charge in [-0.15, -0.1) is 0 Å². The Kier molecular flexibility index (Phi) is 12.7. The largest absolute Gasteiger partial charge is 0.456 e. The lowest BCUT2D eigenvalue weighted by molar-refractivity contribution is -0.349. The highest BCUT2D eigenvalue weighted by Crippen LogP contribution is 2.65. The molecule has 2 aromatic carbocycles. The van der Waals surface area contributed by atoms with E-state index in [0.717, 1.165) is 0 Å². The highest BCUT2D eigenvalue weighted by Gasteiger charge is 2.78. The summed E-state index contributed by atoms with van der Waals surface area (Å²) in [4.78, 5) is 70.7. The van der Waals surface area contributed by atoms with E-state index in [0.29, 0.717) is 16.7 Å². The number of aliphatic hydroxyl groups excluding tert-OH is 1. The molecule has 11 atom stereocenters. The fourth-order valence-electron chi connectivity index (χ4n) is 10.5. The second-order valence-electron chi connectivity index (χ2n) is 18.2. The molecule has 15 heteroatoms. The molecule has 332 valence electrons. The summed E-state index contributed by atoms with van der Waals surface area (Å²) in [7, 11) is 4.32. The van der Waals surface area contributed by atoms with Gasteiger partial charge in [0, 0.05) is 46.5 Å². The van der Waals surface area contributed by atoms with Gasteiger partial charge in [-0.05, 0) is 63.5 Å². The molecule has 2 aromatic rings. The average molecular weight is 850 g/mol. The van der Waals surface area contributed by atoms with Crippen LogP contribution in [0.1, 0.15) is 90.2 Å². The SMILES string of the molecule is CO[C@H]1C(=O)[C@]2(C)[C@@H](OC)C[C@H]3OC[C@@]3(OC(C)=O)[C@H]2[C@H](OC(=O)c2ccccc2)[C@]2(OC)C[C@H](OC(=O)[C@H](O)[C@@H](NC(=O)OC(C)(C)C)c3ccccc3)C(C)=C1C2(C)C. The maximum Gasteiger partial charge on any atom is 0.408 e. The molecule has 1 saturated heterocycles. The molecular formula is C46H59NO14. The van der Waals surface area contributed by atoms with Crippen molar-refractivity contribution in [2.75, 3.05) is 27.9 Å². The van der Waals surface area contributed by atoms with E-state index in [1.807, 2.05) is 13.8 Å². The van der Waals surface area contributed by atoms with Gasteiger partial charge >= 0.3 is 24.0 Å². The maximum atomic E-state index is 15.7. The fraction of sp³-hybridized carbons (Fsp3) is 0.587. The molecule has 0 radical (unpaired) electrons. The van der Waals surface area contributed by atoms with E-state index in [-0.39, 0.29) is 25.0 Å². The lowest BCUT2D eigenvalue weighted by Gasteiger charge is -2.68. The van der Waals surface area contributed by atoms with Crippen molar-refractivity contribution in [2.24, 2.45) is 16.7 Å². The van der Waals surface area contributed by atoms with Crippen LogP contribution in [0.25, 0.3) is 0 Å². The van der Waals surface area contributed by atoms with E-state index in [1.165, 1.54) is 28.3 Å². The summed E-state index contributed by atoms with van der Waals surface area (Å²) in [5, 5.41) is 14.4. The number of ketones is 1. The zero-order valence-corrected chi connectivity index (χ0v) is 36.8. The van der Waals surface area contributed by atoms with Crippen LogP contribution >= 0.6 is 0 Å². The van der Waals surface area contributed by atoms with Gasteiger partial charge in [0.15, 0.2) is 17.5 Å². The highest BCUT2D eigenvalue weighted by atomic mass is 16.6. The molecule has 3 fully saturated rings. The van der Waals surface area contributed by atoms with Crippen LogP contribution in [-0.2, 0) is 52.3 Å². The van der Waals surface area contributed by atoms with Crippen molar-refractivity contribution in [1.29, 1.82) is 0 Å². The number of hydrogen-bond acceptors (Lipinski definition) is 14. The summed E-state index contributed by atoms with van der Waals surface area (Å²) in [5.41, 5.74) is -5.45. The lowest BCUT2D eigenvalue weighted by Crippen LogP contribution is -2.82. The number of amides is 1. The lowest BCUT2D eigenvalue weighted by atomic mass is 9.44. The van der Waals surface area contributed by atoms with Gasteiger partial charge in [-0.3, -0.25) is 9.59 Å². The third-order valence-corrected chi connectivity index (χ3v) is 13.4. The number of esters is 3. The molecule has 1 amide bonds. The minimum Gasteiger partial charge on any atom is -0.456 e. The number of carbonyl (C=O) groups is 5. The first-order valence-corrected chi connectivity index (χ1v) is 20.5. The molecule has 2 bridgehead atoms. The van der Waals surface area contributed by atoms with E-state index in [9.17, 15) is 24.3 Å². The Hall–Kier alpha value is -4.67. The summed E-state index contributed by atoms with van der Waals surface area (Å²) in [6, 6.07) is 15.4. The first kappa shape index (κ1) is 45.8. The maximum absolute atomic E-state index is 15.7. The number of benzene rings is 2. The van der Waals surface area contributed by atoms with Crippen LogP contribution in [-0.4, -0.2) is 116 Å². The molecule has 15 nitrogen and oxygen atoms in total. The molecule has 61 heavy (non-hydrogen) atoms. The smallest absolute Gasteiger partial charge is 0.408 e. The average Bonchev–Trinajstić information content (AvgIpc) is 3.20. The molecular weight excluding hydrogens is 790 g/mol. The van der Waals surface area contributed by atoms with Crippen molar-refractivity contribution in [3.8, 4) is 0 Å². The van der Waals surface area contributed by atoms with Crippen molar-refractivity contribution in [3.63, 3.8) is 0 Å². The molecule has 2 N–H and O–H groups in total. The number of alkyl carbamates (subject to hydrolysis) is 1. The number of hydrogen-bond donors (Lipinski definition) is 2. The van der Waals surface area contributed by atoms with Crippen molar-refractivity contribution in [3.05, 3.63) is 82.9 Å². The minimum absolute atomic E-state index is 0.129. The van der Waals surface area contributed by atoms with Crippen LogP contribution in [0.4, 0.5) is 4.79 Å². The topological polar surface area (TPSA) is 191 Å². The van der Waals surface area contributed by atoms with Crippen molar-refractivity contribution >= 4 is 29.8 Å². The van der Waals surface area contributed by atoms with Crippen LogP contribution in [0.5, 0.6) is 0 Å². The second-order valence-corrected chi connectivity index (χ2v) is 18.2. The number of fused-ring (bicyclic) bond motifs is 5. The number of nitrogens with one attached hydrogen (secondary N) is 1. The number of methoxy groups -OCH3 is 3. The molecule has 1 heterocycles. The van der Waals surface area contributed by atoms with Crippen LogP contribution in [0.2, 0.25) is 0 Å². The van der Waals surface area contributed by atoms with E-state index in [4.69, 9.17) is 37.9 Å². The predicted molar refractivity (Wildman–Crippen MR) is 218 cm³/mol. The van der Waals surface area contributed by atoms with Gasteiger partial charge in [0.1, 0.15) is 35.6 Å². The first-order valence-electron chi connectivity index (χ1n) is 20.5. The molecule has 0 aromatic heterocycles. The summed E-state index contributed by atoms with van der Waals surface area (Å²) in [6.07, 6.45) is -8.40. The molecule has 4 aliphatic rings. The number of carbonyl (C=O) groups excluding carboxylic acids is 5. The summed E-state index contributed by atoms with van der Waals surface area (Å²) >= 11 is 0. The van der Waals surface area contributed by atoms with Gasteiger partial charge in [0.25, 0.3) is 0 Å². The third-order valence-electron chi connectivity index (χ3n) is 13.4. The van der Waals surface area contributed by atoms with Crippen molar-refractivity contribution in [1.82, 2.24) is 5.32 Å². The van der Waals surface area contributed by atoms with Crippen molar-refractivity contribution in [2.45, 2.75) is 128 Å². The van der Waals surface area contributed by atoms with Crippen LogP contribution < -0.4 is 5.32 Å². The highest BCUT2D eigenvalue weighted by molar-refractivity contribution is 5.94. The molecule has 2 saturated carbocycles. The van der Waals surface area contributed by atoms with Gasteiger partial charge < -0.3 is 48.3 Å². The third kappa shape index (κ3) is 7.77. The molecule has 6 rings (SSSR count). The molecule has 0 spiro atoms. The van der Waals surface area contributed by atoms with E-state index in [1.54, 1.807) is 95.3 Å². The molecule has 3 aliphatic carbocycles. The fourth-order valence-corrected chi connectivity index (χ4v) is 10.5. The van der Waals surface area contributed by atoms with Crippen LogP contribution in [0.3, 0.4) is 0 Å². The zero-order chi connectivity index (χ0) is 44.9. The van der Waals surface area contributed by atoms with E-state index >= 15 is 4.79 Å². The van der Waals surface area contributed by atoms with Gasteiger partial charge in [0.05, 0.1) is 35.6 Å². The monoisotopic (exact) mass is 849 g/mol. The Bertz CT molecular complexity index is 2030. The number of ether oxygens (including phenoxy) is 8. The standard InChI is InChI=1S/C46H59NO14/c1-25-29(58-40(52)34(49)33(27-18-14-12-15-19-27)47-41(53)61-42(3,4)5)23-46(56-11)38(59-39(51)28-20-16-13-17-21-28)36-44(8,37(50)35(55-10)32(25)43(46,6)7)30(54-9)22-31-45(36,24-57-31)60-26(2)48/h12-21,29-31,33-36,38,49H,22-24H2,1-11H3,(H,47,53)/t29-,30-,31+,33-,34+,35+,36-,38-,44+,45-,46+/m0/s1. The Labute approximate surface area is 356 Å². The predicted octanol–water partition coefficient (Wildman–Crippen LogP) is 5.22. The van der Waals surface area contributed by atoms with Crippen molar-refractivity contribution < 1.29 is 67.0 Å². The number of rotatable bonds is 11. The normalized spacial score (nSPS) is 32.6. The summed E-state index contributed by atoms with van der Waals surface area (Å²) < 4.78 is 49.8. The molecule has 0 unspecified atom stereocenters. The summed E-state index contributed by atoms with van der Waals surface area (Å²) in [5.74, 6) is -4.13.